The van der Waals surface area contributed by atoms with Gasteiger partial charge >= 0.3 is 6.09 Å². The van der Waals surface area contributed by atoms with Crippen LogP contribution < -0.4 is 10.1 Å². The van der Waals surface area contributed by atoms with Crippen molar-refractivity contribution in [1.82, 2.24) is 10.5 Å². The van der Waals surface area contributed by atoms with Crippen LogP contribution in [0.5, 0.6) is 5.88 Å². The fourth-order valence-corrected chi connectivity index (χ4v) is 2.38. The summed E-state index contributed by atoms with van der Waals surface area (Å²) in [6.45, 7) is 9.37. The second-order valence-electron chi connectivity index (χ2n) is 7.29. The van der Waals surface area contributed by atoms with E-state index in [4.69, 9.17) is 14.0 Å². The van der Waals surface area contributed by atoms with Crippen LogP contribution in [-0.4, -0.2) is 30.0 Å². The topological polar surface area (TPSA) is 73.6 Å². The zero-order valence-electron chi connectivity index (χ0n) is 16.1. The summed E-state index contributed by atoms with van der Waals surface area (Å²) in [7, 11) is 0. The van der Waals surface area contributed by atoms with Crippen molar-refractivity contribution in [1.29, 1.82) is 0 Å². The molecule has 148 valence electrons. The number of hydrogen-bond donors (Lipinski definition) is 1. The first-order chi connectivity index (χ1) is 12.6. The standard InChI is InChI=1S/C19H24F2N2O4/c1-11(2)15-16(13-7-6-12(20)10-14(13)21)27-23-17(15)25-9-8-22-18(24)26-19(3,4)5/h6-7,10-11H,8-9H2,1-5H3,(H,22,24). The van der Waals surface area contributed by atoms with Crippen molar-refractivity contribution in [3.8, 4) is 17.2 Å². The van der Waals surface area contributed by atoms with Gasteiger partial charge in [0.15, 0.2) is 5.76 Å². The molecule has 0 aliphatic rings. The molecule has 0 bridgehead atoms. The van der Waals surface area contributed by atoms with Gasteiger partial charge in [-0.3, -0.25) is 0 Å². The third kappa shape index (κ3) is 5.67. The molecule has 1 amide bonds. The normalized spacial score (nSPS) is 11.6. The number of carbonyl (C=O) groups is 1. The highest BCUT2D eigenvalue weighted by molar-refractivity contribution is 5.67. The van der Waals surface area contributed by atoms with Gasteiger partial charge in [0, 0.05) is 6.07 Å². The van der Waals surface area contributed by atoms with E-state index in [0.29, 0.717) is 5.56 Å². The molecular formula is C19H24F2N2O4. The Morgan fingerprint density at radius 3 is 2.59 bits per heavy atom. The number of nitrogens with zero attached hydrogens (tertiary/aromatic N) is 1. The maximum Gasteiger partial charge on any atom is 0.407 e. The van der Waals surface area contributed by atoms with Crippen LogP contribution in [-0.2, 0) is 4.74 Å². The minimum absolute atomic E-state index is 0.0791. The SMILES string of the molecule is CC(C)c1c(OCCNC(=O)OC(C)(C)C)noc1-c1ccc(F)cc1F. The van der Waals surface area contributed by atoms with E-state index in [2.05, 4.69) is 10.5 Å². The number of nitrogens with one attached hydrogen (secondary N) is 1. The maximum atomic E-state index is 14.1. The lowest BCUT2D eigenvalue weighted by Gasteiger charge is -2.19. The second-order valence-corrected chi connectivity index (χ2v) is 7.29. The molecule has 0 aliphatic carbocycles. The summed E-state index contributed by atoms with van der Waals surface area (Å²) in [6, 6.07) is 3.23. The van der Waals surface area contributed by atoms with Gasteiger partial charge in [-0.25, -0.2) is 13.6 Å². The van der Waals surface area contributed by atoms with Crippen molar-refractivity contribution >= 4 is 6.09 Å². The molecule has 0 radical (unpaired) electrons. The molecule has 1 aromatic carbocycles. The van der Waals surface area contributed by atoms with Crippen molar-refractivity contribution in [2.75, 3.05) is 13.2 Å². The lowest BCUT2D eigenvalue weighted by molar-refractivity contribution is 0.0519. The Kier molecular flexibility index (Phi) is 6.41. The third-order valence-corrected chi connectivity index (χ3v) is 3.46. The molecule has 6 nitrogen and oxygen atoms in total. The molecule has 2 aromatic rings. The molecule has 2 rings (SSSR count). The summed E-state index contributed by atoms with van der Waals surface area (Å²) in [5.74, 6) is -1.10. The van der Waals surface area contributed by atoms with E-state index in [1.54, 1.807) is 20.8 Å². The molecule has 8 heteroatoms. The molecule has 1 aromatic heterocycles. The first-order valence-electron chi connectivity index (χ1n) is 8.63. The number of halogens is 2. The maximum absolute atomic E-state index is 14.1. The number of carbonyl (C=O) groups excluding carboxylic acids is 1. The predicted molar refractivity (Wildman–Crippen MR) is 95.7 cm³/mol. The van der Waals surface area contributed by atoms with E-state index in [1.165, 1.54) is 6.07 Å². The molecule has 0 atom stereocenters. The fraction of sp³-hybridized carbons (Fsp3) is 0.474. The molecule has 1 N–H and O–H groups in total. The smallest absolute Gasteiger partial charge is 0.407 e. The Balaban J connectivity index is 2.06. The number of benzene rings is 1. The van der Waals surface area contributed by atoms with E-state index >= 15 is 0 Å². The lowest BCUT2D eigenvalue weighted by atomic mass is 9.99. The first-order valence-corrected chi connectivity index (χ1v) is 8.63. The van der Waals surface area contributed by atoms with Crippen LogP contribution in [0, 0.1) is 11.6 Å². The Morgan fingerprint density at radius 1 is 1.30 bits per heavy atom. The molecule has 1 heterocycles. The van der Waals surface area contributed by atoms with Gasteiger partial charge in [0.2, 0.25) is 0 Å². The van der Waals surface area contributed by atoms with Gasteiger partial charge in [0.1, 0.15) is 23.8 Å². The van der Waals surface area contributed by atoms with Crippen molar-refractivity contribution < 1.29 is 27.6 Å². The van der Waals surface area contributed by atoms with E-state index < -0.39 is 23.3 Å². The van der Waals surface area contributed by atoms with Gasteiger partial charge in [0.05, 0.1) is 17.7 Å². The quantitative estimate of drug-likeness (QED) is 0.737. The molecule has 0 unspecified atom stereocenters. The number of rotatable bonds is 6. The van der Waals surface area contributed by atoms with Crippen molar-refractivity contribution in [3.05, 3.63) is 35.4 Å². The second kappa shape index (κ2) is 8.37. The monoisotopic (exact) mass is 382 g/mol. The molecule has 0 aliphatic heterocycles. The average Bonchev–Trinajstić information content (AvgIpc) is 2.93. The van der Waals surface area contributed by atoms with Crippen LogP contribution in [0.2, 0.25) is 0 Å². The largest absolute Gasteiger partial charge is 0.473 e. The van der Waals surface area contributed by atoms with Gasteiger partial charge in [-0.15, -0.1) is 0 Å². The highest BCUT2D eigenvalue weighted by atomic mass is 19.1. The Hall–Kier alpha value is -2.64. The van der Waals surface area contributed by atoms with Crippen LogP contribution in [0.4, 0.5) is 13.6 Å². The number of amides is 1. The van der Waals surface area contributed by atoms with Gasteiger partial charge in [-0.05, 0) is 44.0 Å². The highest BCUT2D eigenvalue weighted by Gasteiger charge is 2.24. The van der Waals surface area contributed by atoms with Crippen molar-refractivity contribution in [2.24, 2.45) is 0 Å². The zero-order valence-corrected chi connectivity index (χ0v) is 16.1. The van der Waals surface area contributed by atoms with Crippen LogP contribution >= 0.6 is 0 Å². The number of alkyl carbamates (subject to hydrolysis) is 1. The number of ether oxygens (including phenoxy) is 2. The van der Waals surface area contributed by atoms with Gasteiger partial charge in [0.25, 0.3) is 5.88 Å². The van der Waals surface area contributed by atoms with Crippen molar-refractivity contribution in [2.45, 2.75) is 46.1 Å². The highest BCUT2D eigenvalue weighted by Crippen LogP contribution is 2.37. The van der Waals surface area contributed by atoms with E-state index in [1.807, 2.05) is 13.8 Å². The molecule has 27 heavy (non-hydrogen) atoms. The summed E-state index contributed by atoms with van der Waals surface area (Å²) in [5.41, 5.74) is 0.0859. The Morgan fingerprint density at radius 2 is 2.00 bits per heavy atom. The summed E-state index contributed by atoms with van der Waals surface area (Å²) >= 11 is 0. The van der Waals surface area contributed by atoms with E-state index in [0.717, 1.165) is 12.1 Å². The van der Waals surface area contributed by atoms with Gasteiger partial charge in [-0.1, -0.05) is 13.8 Å². The average molecular weight is 382 g/mol. The van der Waals surface area contributed by atoms with Gasteiger partial charge in [-0.2, -0.15) is 0 Å². The minimum atomic E-state index is -0.744. The summed E-state index contributed by atoms with van der Waals surface area (Å²) in [4.78, 5) is 11.6. The first kappa shape index (κ1) is 20.7. The summed E-state index contributed by atoms with van der Waals surface area (Å²) < 4.78 is 43.2. The molecule has 0 saturated carbocycles. The molecule has 0 fully saturated rings. The van der Waals surface area contributed by atoms with Crippen LogP contribution in [0.3, 0.4) is 0 Å². The number of hydrogen-bond acceptors (Lipinski definition) is 5. The van der Waals surface area contributed by atoms with Gasteiger partial charge < -0.3 is 19.3 Å². The fourth-order valence-electron chi connectivity index (χ4n) is 2.38. The van der Waals surface area contributed by atoms with E-state index in [9.17, 15) is 13.6 Å². The summed E-state index contributed by atoms with van der Waals surface area (Å²) in [6.07, 6.45) is -0.551. The van der Waals surface area contributed by atoms with Crippen molar-refractivity contribution in [3.63, 3.8) is 0 Å². The minimum Gasteiger partial charge on any atom is -0.473 e. The molecular weight excluding hydrogens is 358 g/mol. The third-order valence-electron chi connectivity index (χ3n) is 3.46. The van der Waals surface area contributed by atoms with Crippen LogP contribution in [0.25, 0.3) is 11.3 Å². The predicted octanol–water partition coefficient (Wildman–Crippen LogP) is 4.65. The summed E-state index contributed by atoms with van der Waals surface area (Å²) in [5, 5.41) is 6.42. The zero-order chi connectivity index (χ0) is 20.2. The Labute approximate surface area is 156 Å². The van der Waals surface area contributed by atoms with Crippen LogP contribution in [0.15, 0.2) is 22.7 Å². The molecule has 0 saturated heterocycles. The number of aromatic nitrogens is 1. The van der Waals surface area contributed by atoms with E-state index in [-0.39, 0.29) is 36.3 Å². The Bertz CT molecular complexity index is 797. The lowest BCUT2D eigenvalue weighted by Crippen LogP contribution is -2.34. The molecule has 0 spiro atoms. The van der Waals surface area contributed by atoms with Crippen LogP contribution in [0.1, 0.15) is 46.1 Å².